The van der Waals surface area contributed by atoms with Gasteiger partial charge >= 0.3 is 0 Å². The van der Waals surface area contributed by atoms with Crippen molar-refractivity contribution < 1.29 is 22.6 Å². The number of nitrogens with zero attached hydrogens (tertiary/aromatic N) is 5. The van der Waals surface area contributed by atoms with Crippen LogP contribution < -0.4 is 14.2 Å². The average molecular weight is 496 g/mol. The molecule has 3 aromatic carbocycles. The average Bonchev–Trinajstić information content (AvgIpc) is 3.43. The molecule has 0 aliphatic heterocycles. The number of benzene rings is 3. The van der Waals surface area contributed by atoms with Crippen molar-refractivity contribution in [3.05, 3.63) is 84.2 Å². The summed E-state index contributed by atoms with van der Waals surface area (Å²) in [4.78, 5) is 0.0731. The van der Waals surface area contributed by atoms with Crippen LogP contribution in [0.25, 0.3) is 5.69 Å². The summed E-state index contributed by atoms with van der Waals surface area (Å²) < 4.78 is 47.0. The molecule has 0 amide bonds. The van der Waals surface area contributed by atoms with Gasteiger partial charge in [-0.2, -0.15) is 8.99 Å². The van der Waals surface area contributed by atoms with Crippen molar-refractivity contribution in [3.63, 3.8) is 0 Å². The van der Waals surface area contributed by atoms with Crippen molar-refractivity contribution in [2.24, 2.45) is 0 Å². The minimum absolute atomic E-state index is 0.0642. The minimum atomic E-state index is -3.96. The quantitative estimate of drug-likeness (QED) is 0.330. The summed E-state index contributed by atoms with van der Waals surface area (Å²) >= 11 is 0. The highest BCUT2D eigenvalue weighted by atomic mass is 32.2. The Bertz CT molecular complexity index is 1380. The van der Waals surface area contributed by atoms with Gasteiger partial charge in [-0.05, 0) is 34.2 Å². The van der Waals surface area contributed by atoms with E-state index in [0.29, 0.717) is 28.5 Å². The molecule has 0 saturated heterocycles. The Labute approximate surface area is 203 Å². The van der Waals surface area contributed by atoms with Crippen LogP contribution in [0, 0.1) is 0 Å². The topological polar surface area (TPSA) is 109 Å². The number of ether oxygens (including phenoxy) is 3. The molecule has 0 aliphatic carbocycles. The van der Waals surface area contributed by atoms with E-state index in [1.807, 2.05) is 36.4 Å². The summed E-state index contributed by atoms with van der Waals surface area (Å²) in [5.74, 6) is 1.32. The van der Waals surface area contributed by atoms with Gasteiger partial charge < -0.3 is 14.2 Å². The summed E-state index contributed by atoms with van der Waals surface area (Å²) in [6.45, 7) is 0.218. The molecule has 0 atom stereocenters. The largest absolute Gasteiger partial charge is 0.494 e. The lowest BCUT2D eigenvalue weighted by Gasteiger charge is -2.24. The van der Waals surface area contributed by atoms with Gasteiger partial charge in [0.25, 0.3) is 0 Å². The van der Waals surface area contributed by atoms with Gasteiger partial charge in [0.1, 0.15) is 17.8 Å². The number of aromatic nitrogens is 4. The molecule has 4 aromatic rings. The number of hydrogen-bond donors (Lipinski definition) is 0. The zero-order chi connectivity index (χ0) is 24.8. The Morgan fingerprint density at radius 1 is 0.857 bits per heavy atom. The second-order valence-electron chi connectivity index (χ2n) is 7.50. The van der Waals surface area contributed by atoms with Crippen LogP contribution in [0.2, 0.25) is 0 Å². The molecule has 0 unspecified atom stereocenters. The summed E-state index contributed by atoms with van der Waals surface area (Å²) in [6, 6.07) is 19.4. The van der Waals surface area contributed by atoms with Crippen molar-refractivity contribution >= 4 is 10.0 Å². The normalized spacial score (nSPS) is 11.4. The Morgan fingerprint density at radius 3 is 2.29 bits per heavy atom. The Morgan fingerprint density at radius 2 is 1.63 bits per heavy atom. The van der Waals surface area contributed by atoms with Crippen LogP contribution >= 0.6 is 0 Å². The minimum Gasteiger partial charge on any atom is -0.494 e. The maximum Gasteiger partial charge on any atom is 0.243 e. The summed E-state index contributed by atoms with van der Waals surface area (Å²) in [5, 5.41) is 11.1. The van der Waals surface area contributed by atoms with E-state index in [-0.39, 0.29) is 18.0 Å². The fourth-order valence-corrected chi connectivity index (χ4v) is 5.13. The van der Waals surface area contributed by atoms with Crippen LogP contribution in [0.3, 0.4) is 0 Å². The highest BCUT2D eigenvalue weighted by molar-refractivity contribution is 7.89. The van der Waals surface area contributed by atoms with E-state index in [1.54, 1.807) is 25.3 Å². The zero-order valence-corrected chi connectivity index (χ0v) is 20.3. The lowest BCUT2D eigenvalue weighted by Crippen LogP contribution is -2.30. The number of hydrogen-bond acceptors (Lipinski definition) is 8. The van der Waals surface area contributed by atoms with Crippen molar-refractivity contribution in [2.45, 2.75) is 18.0 Å². The molecule has 1 heterocycles. The van der Waals surface area contributed by atoms with E-state index < -0.39 is 10.0 Å². The van der Waals surface area contributed by atoms with Crippen LogP contribution in [-0.4, -0.2) is 54.3 Å². The Hall–Kier alpha value is -3.96. The molecule has 0 aliphatic rings. The number of tetrazole rings is 1. The fraction of sp³-hybridized carbons (Fsp3) is 0.208. The molecular weight excluding hydrogens is 470 g/mol. The molecule has 0 saturated carbocycles. The van der Waals surface area contributed by atoms with E-state index in [9.17, 15) is 8.42 Å². The third-order valence-electron chi connectivity index (χ3n) is 5.42. The molecule has 0 bridgehead atoms. The molecule has 11 heteroatoms. The third-order valence-corrected chi connectivity index (χ3v) is 7.21. The van der Waals surface area contributed by atoms with Gasteiger partial charge in [-0.3, -0.25) is 0 Å². The number of methoxy groups -OCH3 is 3. The van der Waals surface area contributed by atoms with Crippen LogP contribution in [0.4, 0.5) is 0 Å². The van der Waals surface area contributed by atoms with Crippen LogP contribution in [-0.2, 0) is 23.1 Å². The van der Waals surface area contributed by atoms with Gasteiger partial charge in [0, 0.05) is 24.7 Å². The molecule has 10 nitrogen and oxygen atoms in total. The summed E-state index contributed by atoms with van der Waals surface area (Å²) in [6.07, 6.45) is 1.41. The van der Waals surface area contributed by atoms with E-state index >= 15 is 0 Å². The lowest BCUT2D eigenvalue weighted by molar-refractivity contribution is 0.341. The van der Waals surface area contributed by atoms with Gasteiger partial charge in [0.15, 0.2) is 11.5 Å². The first-order valence-electron chi connectivity index (χ1n) is 10.6. The van der Waals surface area contributed by atoms with E-state index in [0.717, 1.165) is 5.56 Å². The molecule has 0 radical (unpaired) electrons. The molecule has 0 spiro atoms. The maximum absolute atomic E-state index is 13.9. The maximum atomic E-state index is 13.9. The second kappa shape index (κ2) is 10.5. The summed E-state index contributed by atoms with van der Waals surface area (Å²) in [7, 11) is 0.565. The molecule has 182 valence electrons. The van der Waals surface area contributed by atoms with Crippen LogP contribution in [0.1, 0.15) is 11.1 Å². The third kappa shape index (κ3) is 5.10. The molecule has 0 N–H and O–H groups in total. The number of sulfonamides is 1. The van der Waals surface area contributed by atoms with Crippen LogP contribution in [0.15, 0.2) is 78.0 Å². The zero-order valence-electron chi connectivity index (χ0n) is 19.5. The van der Waals surface area contributed by atoms with Gasteiger partial charge in [-0.1, -0.05) is 42.5 Å². The highest BCUT2D eigenvalue weighted by Gasteiger charge is 2.28. The van der Waals surface area contributed by atoms with Gasteiger partial charge in [-0.15, -0.1) is 5.10 Å². The van der Waals surface area contributed by atoms with E-state index in [4.69, 9.17) is 14.2 Å². The van der Waals surface area contributed by atoms with Crippen molar-refractivity contribution in [2.75, 3.05) is 21.3 Å². The molecular formula is C24H25N5O5S. The van der Waals surface area contributed by atoms with Crippen molar-refractivity contribution in [1.29, 1.82) is 0 Å². The first-order chi connectivity index (χ1) is 17.0. The predicted octanol–water partition coefficient (Wildman–Crippen LogP) is 3.08. The molecule has 1 aromatic heterocycles. The standard InChI is InChI=1S/C24H25N5O5S/c1-32-22-11-7-10-19(24(22)34-3)16-28(15-18-8-5-4-6-9-18)35(30,31)20-12-13-21(23(14-20)33-2)29-17-25-26-27-29/h4-14,17H,15-16H2,1-3H3. The lowest BCUT2D eigenvalue weighted by atomic mass is 10.1. The highest BCUT2D eigenvalue weighted by Crippen LogP contribution is 2.34. The molecule has 35 heavy (non-hydrogen) atoms. The van der Waals surface area contributed by atoms with E-state index in [2.05, 4.69) is 15.5 Å². The van der Waals surface area contributed by atoms with E-state index in [1.165, 1.54) is 41.7 Å². The Balaban J connectivity index is 1.77. The first-order valence-corrected chi connectivity index (χ1v) is 12.1. The van der Waals surface area contributed by atoms with Crippen molar-refractivity contribution in [1.82, 2.24) is 24.5 Å². The van der Waals surface area contributed by atoms with Gasteiger partial charge in [0.05, 0.1) is 26.2 Å². The van der Waals surface area contributed by atoms with Gasteiger partial charge in [0.2, 0.25) is 10.0 Å². The Kier molecular flexibility index (Phi) is 7.28. The number of rotatable bonds is 10. The first kappa shape index (κ1) is 24.2. The van der Waals surface area contributed by atoms with Crippen molar-refractivity contribution in [3.8, 4) is 22.9 Å². The SMILES string of the molecule is COc1cc(S(=O)(=O)N(Cc2ccccc2)Cc2cccc(OC)c2OC)ccc1-n1cnnn1. The van der Waals surface area contributed by atoms with Gasteiger partial charge in [-0.25, -0.2) is 8.42 Å². The second-order valence-corrected chi connectivity index (χ2v) is 9.44. The molecule has 4 rings (SSSR count). The summed E-state index contributed by atoms with van der Waals surface area (Å²) in [5.41, 5.74) is 2.03. The monoisotopic (exact) mass is 495 g/mol. The smallest absolute Gasteiger partial charge is 0.243 e. The fourth-order valence-electron chi connectivity index (χ4n) is 3.71. The number of para-hydroxylation sites is 1. The molecule has 0 fully saturated rings. The predicted molar refractivity (Wildman–Crippen MR) is 128 cm³/mol. The van der Waals surface area contributed by atoms with Crippen LogP contribution in [0.5, 0.6) is 17.2 Å².